The summed E-state index contributed by atoms with van der Waals surface area (Å²) in [4.78, 5) is 0. The summed E-state index contributed by atoms with van der Waals surface area (Å²) in [6, 6.07) is 3.59. The van der Waals surface area contributed by atoms with E-state index in [0.717, 1.165) is 17.8 Å². The molecule has 2 aromatic heterocycles. The van der Waals surface area contributed by atoms with Gasteiger partial charge in [-0.1, -0.05) is 0 Å². The first-order valence-corrected chi connectivity index (χ1v) is 5.80. The van der Waals surface area contributed by atoms with Crippen LogP contribution in [0.4, 0.5) is 0 Å². The van der Waals surface area contributed by atoms with Crippen LogP contribution in [0.25, 0.3) is 0 Å². The predicted molar refractivity (Wildman–Crippen MR) is 64.7 cm³/mol. The second-order valence-corrected chi connectivity index (χ2v) is 4.34. The van der Waals surface area contributed by atoms with E-state index in [1.54, 1.807) is 18.4 Å². The molecular weight excluding hydrogens is 216 g/mol. The van der Waals surface area contributed by atoms with Gasteiger partial charge in [0.25, 0.3) is 0 Å². The zero-order valence-corrected chi connectivity index (χ0v) is 10.5. The molecular formula is C13H18N2O2. The predicted octanol–water partition coefficient (Wildman–Crippen LogP) is 2.30. The zero-order valence-electron chi connectivity index (χ0n) is 10.5. The fraction of sp³-hybridized carbons (Fsp3) is 0.462. The molecule has 1 N–H and O–H groups in total. The van der Waals surface area contributed by atoms with Gasteiger partial charge in [-0.3, -0.25) is 4.68 Å². The number of furan rings is 1. The number of aliphatic hydroxyl groups is 1. The van der Waals surface area contributed by atoms with Gasteiger partial charge in [-0.25, -0.2) is 0 Å². The molecule has 4 nitrogen and oxygen atoms in total. The van der Waals surface area contributed by atoms with Crippen molar-refractivity contribution >= 4 is 0 Å². The summed E-state index contributed by atoms with van der Waals surface area (Å²) >= 11 is 0. The molecule has 0 aromatic carbocycles. The fourth-order valence-electron chi connectivity index (χ4n) is 2.08. The maximum Gasteiger partial charge on any atom is 0.132 e. The molecule has 0 radical (unpaired) electrons. The van der Waals surface area contributed by atoms with Crippen LogP contribution in [-0.2, 0) is 13.5 Å². The fourth-order valence-corrected chi connectivity index (χ4v) is 2.08. The van der Waals surface area contributed by atoms with Crippen LogP contribution in [0, 0.1) is 13.8 Å². The second-order valence-electron chi connectivity index (χ2n) is 4.34. The molecule has 1 atom stereocenters. The van der Waals surface area contributed by atoms with E-state index in [4.69, 9.17) is 4.42 Å². The SMILES string of the molecule is Cc1nn(C)c(C)c1CCC(O)c1ccco1. The number of nitrogens with zero attached hydrogens (tertiary/aromatic N) is 2. The lowest BCUT2D eigenvalue weighted by Crippen LogP contribution is -2.00. The number of rotatable bonds is 4. The van der Waals surface area contributed by atoms with E-state index in [1.165, 1.54) is 5.56 Å². The van der Waals surface area contributed by atoms with Gasteiger partial charge in [-0.2, -0.15) is 5.10 Å². The summed E-state index contributed by atoms with van der Waals surface area (Å²) in [6.45, 7) is 4.05. The summed E-state index contributed by atoms with van der Waals surface area (Å²) in [5, 5.41) is 14.3. The summed E-state index contributed by atoms with van der Waals surface area (Å²) < 4.78 is 7.06. The Bertz CT molecular complexity index is 486. The number of hydrogen-bond donors (Lipinski definition) is 1. The zero-order chi connectivity index (χ0) is 12.4. The van der Waals surface area contributed by atoms with Crippen molar-refractivity contribution < 1.29 is 9.52 Å². The molecule has 92 valence electrons. The van der Waals surface area contributed by atoms with Crippen LogP contribution in [0.2, 0.25) is 0 Å². The average Bonchev–Trinajstić information content (AvgIpc) is 2.88. The lowest BCUT2D eigenvalue weighted by atomic mass is 10.0. The van der Waals surface area contributed by atoms with E-state index >= 15 is 0 Å². The van der Waals surface area contributed by atoms with Gasteiger partial charge in [0.1, 0.15) is 11.9 Å². The largest absolute Gasteiger partial charge is 0.467 e. The van der Waals surface area contributed by atoms with Gasteiger partial charge in [0.15, 0.2) is 0 Å². The van der Waals surface area contributed by atoms with Gasteiger partial charge >= 0.3 is 0 Å². The molecule has 4 heteroatoms. The molecule has 0 fully saturated rings. The molecule has 17 heavy (non-hydrogen) atoms. The first-order valence-electron chi connectivity index (χ1n) is 5.80. The molecule has 0 aliphatic heterocycles. The van der Waals surface area contributed by atoms with Crippen LogP contribution in [0.5, 0.6) is 0 Å². The van der Waals surface area contributed by atoms with Gasteiger partial charge in [0.05, 0.1) is 12.0 Å². The van der Waals surface area contributed by atoms with Crippen molar-refractivity contribution in [1.82, 2.24) is 9.78 Å². The molecule has 0 saturated carbocycles. The molecule has 0 spiro atoms. The lowest BCUT2D eigenvalue weighted by molar-refractivity contribution is 0.140. The molecule has 0 aliphatic carbocycles. The van der Waals surface area contributed by atoms with Crippen molar-refractivity contribution in [2.75, 3.05) is 0 Å². The van der Waals surface area contributed by atoms with E-state index in [2.05, 4.69) is 12.0 Å². The minimum Gasteiger partial charge on any atom is -0.467 e. The lowest BCUT2D eigenvalue weighted by Gasteiger charge is -2.07. The van der Waals surface area contributed by atoms with Gasteiger partial charge in [0.2, 0.25) is 0 Å². The normalized spacial score (nSPS) is 12.9. The van der Waals surface area contributed by atoms with Crippen LogP contribution in [0.3, 0.4) is 0 Å². The van der Waals surface area contributed by atoms with Crippen LogP contribution in [0.15, 0.2) is 22.8 Å². The first kappa shape index (κ1) is 11.9. The van der Waals surface area contributed by atoms with Crippen molar-refractivity contribution in [2.45, 2.75) is 32.8 Å². The smallest absolute Gasteiger partial charge is 0.132 e. The van der Waals surface area contributed by atoms with Crippen molar-refractivity contribution in [3.63, 3.8) is 0 Å². The Hall–Kier alpha value is -1.55. The molecule has 2 rings (SSSR count). The molecule has 2 heterocycles. The highest BCUT2D eigenvalue weighted by molar-refractivity contribution is 5.24. The van der Waals surface area contributed by atoms with Crippen LogP contribution >= 0.6 is 0 Å². The summed E-state index contributed by atoms with van der Waals surface area (Å²) in [7, 11) is 1.94. The highest BCUT2D eigenvalue weighted by atomic mass is 16.4. The highest BCUT2D eigenvalue weighted by Crippen LogP contribution is 2.21. The van der Waals surface area contributed by atoms with Crippen molar-refractivity contribution in [2.24, 2.45) is 7.05 Å². The van der Waals surface area contributed by atoms with E-state index in [9.17, 15) is 5.11 Å². The first-order chi connectivity index (χ1) is 8.09. The van der Waals surface area contributed by atoms with Gasteiger partial charge in [0, 0.05) is 12.7 Å². The van der Waals surface area contributed by atoms with Gasteiger partial charge in [-0.05, 0) is 44.4 Å². The molecule has 0 amide bonds. The summed E-state index contributed by atoms with van der Waals surface area (Å²) in [5.41, 5.74) is 3.42. The maximum atomic E-state index is 9.94. The number of aliphatic hydroxyl groups excluding tert-OH is 1. The third-order valence-corrected chi connectivity index (χ3v) is 3.20. The molecule has 1 unspecified atom stereocenters. The number of aromatic nitrogens is 2. The third-order valence-electron chi connectivity index (χ3n) is 3.20. The Labute approximate surface area is 101 Å². The van der Waals surface area contributed by atoms with Gasteiger partial charge in [-0.15, -0.1) is 0 Å². The maximum absolute atomic E-state index is 9.94. The van der Waals surface area contributed by atoms with E-state index in [1.807, 2.05) is 18.7 Å². The Morgan fingerprint density at radius 2 is 2.24 bits per heavy atom. The van der Waals surface area contributed by atoms with Crippen molar-refractivity contribution in [1.29, 1.82) is 0 Å². The summed E-state index contributed by atoms with van der Waals surface area (Å²) in [5.74, 6) is 0.629. The molecule has 0 bridgehead atoms. The Balaban J connectivity index is 2.03. The molecule has 0 saturated heterocycles. The standard InChI is InChI=1S/C13H18N2O2/c1-9-11(10(2)15(3)14-9)6-7-12(16)13-5-4-8-17-13/h4-5,8,12,16H,6-7H2,1-3H3. The Kier molecular flexibility index (Phi) is 3.33. The molecule has 0 aliphatic rings. The number of hydrogen-bond acceptors (Lipinski definition) is 3. The third kappa shape index (κ3) is 2.42. The van der Waals surface area contributed by atoms with Crippen LogP contribution in [0.1, 0.15) is 35.2 Å². The minimum absolute atomic E-state index is 0.538. The van der Waals surface area contributed by atoms with Crippen molar-refractivity contribution in [3.05, 3.63) is 41.1 Å². The topological polar surface area (TPSA) is 51.2 Å². The average molecular weight is 234 g/mol. The quantitative estimate of drug-likeness (QED) is 0.883. The second kappa shape index (κ2) is 4.75. The summed E-state index contributed by atoms with van der Waals surface area (Å²) in [6.07, 6.45) is 2.51. The van der Waals surface area contributed by atoms with Crippen molar-refractivity contribution in [3.8, 4) is 0 Å². The minimum atomic E-state index is -0.538. The van der Waals surface area contributed by atoms with E-state index in [0.29, 0.717) is 12.2 Å². The van der Waals surface area contributed by atoms with Crippen LogP contribution < -0.4 is 0 Å². The molecule has 2 aromatic rings. The van der Waals surface area contributed by atoms with E-state index in [-0.39, 0.29) is 0 Å². The number of aryl methyl sites for hydroxylation is 2. The van der Waals surface area contributed by atoms with Crippen LogP contribution in [-0.4, -0.2) is 14.9 Å². The Morgan fingerprint density at radius 1 is 1.47 bits per heavy atom. The monoisotopic (exact) mass is 234 g/mol. The van der Waals surface area contributed by atoms with E-state index < -0.39 is 6.10 Å². The van der Waals surface area contributed by atoms with Gasteiger partial charge < -0.3 is 9.52 Å². The highest BCUT2D eigenvalue weighted by Gasteiger charge is 2.14. The Morgan fingerprint density at radius 3 is 2.76 bits per heavy atom.